The number of ether oxygens (including phenoxy) is 2. The van der Waals surface area contributed by atoms with Gasteiger partial charge in [0, 0.05) is 23.0 Å². The molecule has 44 heavy (non-hydrogen) atoms. The van der Waals surface area contributed by atoms with Gasteiger partial charge in [0.2, 0.25) is 0 Å². The van der Waals surface area contributed by atoms with Gasteiger partial charge >= 0.3 is 11.9 Å². The van der Waals surface area contributed by atoms with Gasteiger partial charge in [-0.05, 0) is 70.5 Å². The van der Waals surface area contributed by atoms with E-state index in [1.165, 1.54) is 0 Å². The molecule has 4 nitrogen and oxygen atoms in total. The van der Waals surface area contributed by atoms with Crippen LogP contribution >= 0.6 is 0 Å². The standard InChI is InChI=1S/C40H36O4/c1-3-5-29-43-37(41)27-21-31-17-23-35(24-18-31)39(33-13-9-7-10-14-33)40(34-15-11-8-12-16-34)36-25-19-32(20-26-36)22-28-38(42)44-30-6-4-2/h7-20,23-26H,3-6,29-30H2,1-2H3/b40-39+. The lowest BCUT2D eigenvalue weighted by atomic mass is 9.85. The minimum absolute atomic E-state index is 0.385. The van der Waals surface area contributed by atoms with Crippen molar-refractivity contribution in [2.75, 3.05) is 13.2 Å². The molecule has 4 aromatic rings. The number of unbranched alkanes of at least 4 members (excludes halogenated alkanes) is 2. The molecule has 4 heteroatoms. The second-order valence-corrected chi connectivity index (χ2v) is 10.1. The van der Waals surface area contributed by atoms with Crippen LogP contribution in [0.4, 0.5) is 0 Å². The molecule has 0 aromatic heterocycles. The molecule has 0 heterocycles. The fourth-order valence-corrected chi connectivity index (χ4v) is 4.50. The number of benzene rings is 4. The highest BCUT2D eigenvalue weighted by Gasteiger charge is 2.16. The van der Waals surface area contributed by atoms with Crippen molar-refractivity contribution in [1.82, 2.24) is 0 Å². The van der Waals surface area contributed by atoms with E-state index < -0.39 is 11.9 Å². The average Bonchev–Trinajstić information content (AvgIpc) is 3.07. The van der Waals surface area contributed by atoms with E-state index in [1.807, 2.05) is 98.8 Å². The van der Waals surface area contributed by atoms with Gasteiger partial charge in [-0.15, -0.1) is 0 Å². The summed E-state index contributed by atoms with van der Waals surface area (Å²) in [6.45, 7) is 4.86. The van der Waals surface area contributed by atoms with Gasteiger partial charge in [0.05, 0.1) is 13.2 Å². The molecule has 220 valence electrons. The van der Waals surface area contributed by atoms with Crippen LogP contribution in [-0.4, -0.2) is 25.2 Å². The van der Waals surface area contributed by atoms with Crippen molar-refractivity contribution in [2.45, 2.75) is 39.5 Å². The minimum Gasteiger partial charge on any atom is -0.456 e. The maximum Gasteiger partial charge on any atom is 0.384 e. The Labute approximate surface area is 260 Å². The van der Waals surface area contributed by atoms with E-state index in [2.05, 4.69) is 47.9 Å². The van der Waals surface area contributed by atoms with Crippen molar-refractivity contribution in [3.63, 3.8) is 0 Å². The summed E-state index contributed by atoms with van der Waals surface area (Å²) >= 11 is 0. The number of carbonyl (C=O) groups excluding carboxylic acids is 2. The van der Waals surface area contributed by atoms with Gasteiger partial charge in [-0.25, -0.2) is 9.59 Å². The first-order valence-electron chi connectivity index (χ1n) is 15.0. The molecule has 0 aliphatic rings. The Bertz CT molecular complexity index is 1550. The van der Waals surface area contributed by atoms with Gasteiger partial charge < -0.3 is 9.47 Å². The molecular weight excluding hydrogens is 544 g/mol. The molecule has 4 aromatic carbocycles. The molecule has 0 spiro atoms. The third-order valence-electron chi connectivity index (χ3n) is 6.80. The zero-order chi connectivity index (χ0) is 31.0. The maximum absolute atomic E-state index is 12.0. The predicted molar refractivity (Wildman–Crippen MR) is 176 cm³/mol. The number of hydrogen-bond donors (Lipinski definition) is 0. The summed E-state index contributed by atoms with van der Waals surface area (Å²) in [5, 5.41) is 0. The number of hydrogen-bond acceptors (Lipinski definition) is 4. The average molecular weight is 581 g/mol. The van der Waals surface area contributed by atoms with Crippen LogP contribution in [0, 0.1) is 23.7 Å². The molecule has 0 saturated carbocycles. The molecule has 4 rings (SSSR count). The fourth-order valence-electron chi connectivity index (χ4n) is 4.50. The summed E-state index contributed by atoms with van der Waals surface area (Å²) in [6.07, 6.45) is 3.56. The maximum atomic E-state index is 12.0. The third-order valence-corrected chi connectivity index (χ3v) is 6.80. The van der Waals surface area contributed by atoms with Crippen LogP contribution in [-0.2, 0) is 19.1 Å². The monoisotopic (exact) mass is 580 g/mol. The molecular formula is C40H36O4. The highest BCUT2D eigenvalue weighted by Crippen LogP contribution is 2.37. The van der Waals surface area contributed by atoms with Gasteiger partial charge in [0.1, 0.15) is 0 Å². The first-order valence-corrected chi connectivity index (χ1v) is 15.0. The van der Waals surface area contributed by atoms with Crippen molar-refractivity contribution in [3.8, 4) is 23.7 Å². The fraction of sp³-hybridized carbons (Fsp3) is 0.200. The predicted octanol–water partition coefficient (Wildman–Crippen LogP) is 8.08. The number of rotatable bonds is 10. The molecule has 0 aliphatic heterocycles. The van der Waals surface area contributed by atoms with E-state index in [0.29, 0.717) is 13.2 Å². The van der Waals surface area contributed by atoms with Crippen LogP contribution in [0.5, 0.6) is 0 Å². The highest BCUT2D eigenvalue weighted by molar-refractivity contribution is 6.04. The second kappa shape index (κ2) is 17.0. The van der Waals surface area contributed by atoms with E-state index in [0.717, 1.165) is 70.2 Å². The van der Waals surface area contributed by atoms with E-state index in [9.17, 15) is 9.59 Å². The van der Waals surface area contributed by atoms with Crippen LogP contribution in [0.3, 0.4) is 0 Å². The highest BCUT2D eigenvalue weighted by atomic mass is 16.5. The van der Waals surface area contributed by atoms with Crippen LogP contribution in [0.15, 0.2) is 109 Å². The summed E-state index contributed by atoms with van der Waals surface area (Å²) in [7, 11) is 0. The molecule has 0 saturated heterocycles. The molecule has 0 fully saturated rings. The molecule has 0 bridgehead atoms. The smallest absolute Gasteiger partial charge is 0.384 e. The number of carbonyl (C=O) groups is 2. The Morgan fingerprint density at radius 2 is 0.841 bits per heavy atom. The van der Waals surface area contributed by atoms with Gasteiger partial charge in [0.15, 0.2) is 0 Å². The summed E-state index contributed by atoms with van der Waals surface area (Å²) < 4.78 is 10.3. The van der Waals surface area contributed by atoms with Crippen LogP contribution in [0.2, 0.25) is 0 Å². The van der Waals surface area contributed by atoms with Crippen molar-refractivity contribution in [2.24, 2.45) is 0 Å². The van der Waals surface area contributed by atoms with Crippen LogP contribution in [0.25, 0.3) is 11.1 Å². The molecule has 0 unspecified atom stereocenters. The summed E-state index contributed by atoms with van der Waals surface area (Å²) in [5.74, 6) is 9.99. The van der Waals surface area contributed by atoms with E-state index in [-0.39, 0.29) is 0 Å². The van der Waals surface area contributed by atoms with Gasteiger partial charge in [-0.3, -0.25) is 0 Å². The molecule has 0 amide bonds. The topological polar surface area (TPSA) is 52.6 Å². The Hall–Kier alpha value is -5.32. The first-order chi connectivity index (χ1) is 21.6. The first kappa shape index (κ1) is 31.6. The lowest BCUT2D eigenvalue weighted by molar-refractivity contribution is -0.137. The molecule has 0 N–H and O–H groups in total. The van der Waals surface area contributed by atoms with Crippen LogP contribution < -0.4 is 0 Å². The van der Waals surface area contributed by atoms with E-state index in [4.69, 9.17) is 9.47 Å². The Balaban J connectivity index is 1.74. The van der Waals surface area contributed by atoms with Crippen molar-refractivity contribution in [1.29, 1.82) is 0 Å². The quantitative estimate of drug-likeness (QED) is 0.0824. The normalized spacial score (nSPS) is 10.8. The van der Waals surface area contributed by atoms with Gasteiger partial charge in [-0.2, -0.15) is 0 Å². The largest absolute Gasteiger partial charge is 0.456 e. The Morgan fingerprint density at radius 3 is 1.18 bits per heavy atom. The number of esters is 2. The molecule has 0 aliphatic carbocycles. The van der Waals surface area contributed by atoms with Crippen molar-refractivity contribution < 1.29 is 19.1 Å². The Morgan fingerprint density at radius 1 is 0.500 bits per heavy atom. The van der Waals surface area contributed by atoms with Gasteiger partial charge in [0.25, 0.3) is 0 Å². The lowest BCUT2D eigenvalue weighted by Crippen LogP contribution is -2.02. The Kier molecular flexibility index (Phi) is 12.2. The SMILES string of the molecule is CCCCOC(=O)C#Cc1ccc(/C(=C(\c2ccccc2)c2ccc(C#CC(=O)OCCCC)cc2)c2ccccc2)cc1. The summed E-state index contributed by atoms with van der Waals surface area (Å²) in [4.78, 5) is 23.9. The summed E-state index contributed by atoms with van der Waals surface area (Å²) in [5.41, 5.74) is 7.68. The summed E-state index contributed by atoms with van der Waals surface area (Å²) in [6, 6.07) is 36.3. The van der Waals surface area contributed by atoms with E-state index in [1.54, 1.807) is 0 Å². The van der Waals surface area contributed by atoms with Crippen LogP contribution in [0.1, 0.15) is 72.9 Å². The molecule has 0 atom stereocenters. The van der Waals surface area contributed by atoms with Gasteiger partial charge in [-0.1, -0.05) is 123 Å². The van der Waals surface area contributed by atoms with Crippen molar-refractivity contribution in [3.05, 3.63) is 143 Å². The zero-order valence-corrected chi connectivity index (χ0v) is 25.3. The second-order valence-electron chi connectivity index (χ2n) is 10.1. The zero-order valence-electron chi connectivity index (χ0n) is 25.3. The lowest BCUT2D eigenvalue weighted by Gasteiger charge is -2.18. The van der Waals surface area contributed by atoms with Crippen molar-refractivity contribution >= 4 is 23.1 Å². The molecule has 0 radical (unpaired) electrons. The minimum atomic E-state index is -0.514. The third kappa shape index (κ3) is 9.35. The van der Waals surface area contributed by atoms with E-state index >= 15 is 0 Å².